The van der Waals surface area contributed by atoms with E-state index in [0.717, 1.165) is 11.3 Å². The Morgan fingerprint density at radius 2 is 1.81 bits per heavy atom. The maximum absolute atomic E-state index is 12.9. The standard InChI is InChI=1S/C16H21F3N2O4S/c1-13(2)6-7-8(10(20)22)11(26-9(7)14(3,4)25-13)21-12(23)15(5,24)16(17,18)19/h24H,6H2,1-5H3,(H2,20,22)(H,21,23)/t15-/m0/s1. The Bertz CT molecular complexity index is 766. The fraction of sp³-hybridized carbons (Fsp3) is 0.625. The molecule has 0 saturated heterocycles. The summed E-state index contributed by atoms with van der Waals surface area (Å²) in [6, 6.07) is 0. The second kappa shape index (κ2) is 5.93. The molecule has 4 N–H and O–H groups in total. The van der Waals surface area contributed by atoms with E-state index in [1.54, 1.807) is 13.8 Å². The van der Waals surface area contributed by atoms with Crippen molar-refractivity contribution in [3.8, 4) is 0 Å². The van der Waals surface area contributed by atoms with Crippen LogP contribution in [0.4, 0.5) is 18.2 Å². The quantitative estimate of drug-likeness (QED) is 0.734. The molecule has 1 aliphatic rings. The predicted molar refractivity (Wildman–Crippen MR) is 90.0 cm³/mol. The third-order valence-corrected chi connectivity index (χ3v) is 5.61. The minimum absolute atomic E-state index is 0.0548. The van der Waals surface area contributed by atoms with Crippen molar-refractivity contribution in [3.63, 3.8) is 0 Å². The molecule has 0 bridgehead atoms. The van der Waals surface area contributed by atoms with Gasteiger partial charge in [-0.1, -0.05) is 0 Å². The van der Waals surface area contributed by atoms with Crippen LogP contribution in [0.1, 0.15) is 55.4 Å². The molecule has 0 aromatic carbocycles. The average Bonchev–Trinajstić information content (AvgIpc) is 2.73. The highest BCUT2D eigenvalue weighted by Gasteiger charge is 2.56. The van der Waals surface area contributed by atoms with Gasteiger partial charge >= 0.3 is 6.18 Å². The first-order valence-electron chi connectivity index (χ1n) is 7.76. The zero-order valence-electron chi connectivity index (χ0n) is 15.0. The first-order chi connectivity index (χ1) is 11.5. The summed E-state index contributed by atoms with van der Waals surface area (Å²) in [5.41, 5.74) is 0.816. The van der Waals surface area contributed by atoms with Gasteiger partial charge in [0.1, 0.15) is 5.00 Å². The van der Waals surface area contributed by atoms with Gasteiger partial charge in [-0.3, -0.25) is 9.59 Å². The molecule has 1 aliphatic heterocycles. The number of aliphatic hydroxyl groups is 1. The molecule has 10 heteroatoms. The summed E-state index contributed by atoms with van der Waals surface area (Å²) in [7, 11) is 0. The molecule has 2 rings (SSSR count). The molecule has 0 radical (unpaired) electrons. The van der Waals surface area contributed by atoms with Crippen LogP contribution in [0.5, 0.6) is 0 Å². The molecule has 6 nitrogen and oxygen atoms in total. The number of anilines is 1. The van der Waals surface area contributed by atoms with E-state index >= 15 is 0 Å². The number of ether oxygens (including phenoxy) is 1. The molecule has 0 aliphatic carbocycles. The third-order valence-electron chi connectivity index (χ3n) is 4.16. The predicted octanol–water partition coefficient (Wildman–Crippen LogP) is 2.69. The van der Waals surface area contributed by atoms with Crippen molar-refractivity contribution in [1.29, 1.82) is 0 Å². The van der Waals surface area contributed by atoms with E-state index in [-0.39, 0.29) is 10.6 Å². The monoisotopic (exact) mass is 394 g/mol. The van der Waals surface area contributed by atoms with Crippen molar-refractivity contribution in [2.75, 3.05) is 5.32 Å². The Kier molecular flexibility index (Phi) is 4.71. The molecule has 2 amide bonds. The maximum Gasteiger partial charge on any atom is 0.426 e. The van der Waals surface area contributed by atoms with Gasteiger partial charge in [-0.05, 0) is 40.2 Å². The lowest BCUT2D eigenvalue weighted by Crippen LogP contribution is -2.52. The minimum Gasteiger partial charge on any atom is -0.373 e. The van der Waals surface area contributed by atoms with Crippen LogP contribution in [0.15, 0.2) is 0 Å². The van der Waals surface area contributed by atoms with Crippen molar-refractivity contribution in [2.45, 2.75) is 64.0 Å². The topological polar surface area (TPSA) is 102 Å². The van der Waals surface area contributed by atoms with Gasteiger partial charge in [0.25, 0.3) is 11.8 Å². The summed E-state index contributed by atoms with van der Waals surface area (Å²) >= 11 is 0.917. The molecular formula is C16H21F3N2O4S. The number of primary amides is 1. The van der Waals surface area contributed by atoms with E-state index in [1.165, 1.54) is 0 Å². The number of nitrogens with one attached hydrogen (secondary N) is 1. The lowest BCUT2D eigenvalue weighted by molar-refractivity contribution is -0.242. The fourth-order valence-electron chi connectivity index (χ4n) is 3.02. The summed E-state index contributed by atoms with van der Waals surface area (Å²) in [4.78, 5) is 24.5. The Hall–Kier alpha value is -1.65. The van der Waals surface area contributed by atoms with Crippen LogP contribution in [0.25, 0.3) is 0 Å². The van der Waals surface area contributed by atoms with Gasteiger partial charge in [-0.15, -0.1) is 11.3 Å². The normalized spacial score (nSPS) is 20.8. The van der Waals surface area contributed by atoms with Gasteiger partial charge in [-0.2, -0.15) is 13.2 Å². The van der Waals surface area contributed by atoms with Crippen molar-refractivity contribution in [2.24, 2.45) is 5.73 Å². The van der Waals surface area contributed by atoms with E-state index in [4.69, 9.17) is 10.5 Å². The fourth-order valence-corrected chi connectivity index (χ4v) is 4.28. The molecule has 0 saturated carbocycles. The smallest absolute Gasteiger partial charge is 0.373 e. The number of rotatable bonds is 3. The van der Waals surface area contributed by atoms with Crippen molar-refractivity contribution in [3.05, 3.63) is 16.0 Å². The first kappa shape index (κ1) is 20.7. The number of alkyl halides is 3. The molecule has 1 atom stereocenters. The van der Waals surface area contributed by atoms with Gasteiger partial charge in [0.15, 0.2) is 0 Å². The molecule has 2 heterocycles. The molecule has 26 heavy (non-hydrogen) atoms. The Labute approximate surface area is 152 Å². The number of carbonyl (C=O) groups excluding carboxylic acids is 2. The number of halogens is 3. The molecule has 1 aromatic rings. The van der Waals surface area contributed by atoms with Gasteiger partial charge in [0.05, 0.1) is 16.8 Å². The molecule has 0 spiro atoms. The van der Waals surface area contributed by atoms with E-state index in [2.05, 4.69) is 0 Å². The van der Waals surface area contributed by atoms with Crippen LogP contribution >= 0.6 is 11.3 Å². The SMILES string of the molecule is CC1(C)Cc2c(sc(NC(=O)[C@](C)(O)C(F)(F)F)c2C(N)=O)C(C)(C)O1. The third kappa shape index (κ3) is 3.45. The lowest BCUT2D eigenvalue weighted by atomic mass is 9.86. The number of carbonyl (C=O) groups is 2. The zero-order chi connectivity index (χ0) is 20.3. The summed E-state index contributed by atoms with van der Waals surface area (Å²) in [6.45, 7) is 7.48. The lowest BCUT2D eigenvalue weighted by Gasteiger charge is -2.41. The Balaban J connectivity index is 2.54. The van der Waals surface area contributed by atoms with E-state index in [9.17, 15) is 27.9 Å². The Morgan fingerprint density at radius 1 is 1.27 bits per heavy atom. The van der Waals surface area contributed by atoms with E-state index in [0.29, 0.717) is 23.8 Å². The molecule has 146 valence electrons. The number of amides is 2. The number of hydrogen-bond donors (Lipinski definition) is 3. The van der Waals surface area contributed by atoms with Crippen LogP contribution in [-0.4, -0.2) is 34.3 Å². The minimum atomic E-state index is -5.18. The number of hydrogen-bond acceptors (Lipinski definition) is 5. The number of nitrogens with two attached hydrogens (primary N) is 1. The largest absolute Gasteiger partial charge is 0.426 e. The first-order valence-corrected chi connectivity index (χ1v) is 8.58. The summed E-state index contributed by atoms with van der Waals surface area (Å²) in [5.74, 6) is -2.57. The molecule has 1 aromatic heterocycles. The molecule has 0 unspecified atom stereocenters. The van der Waals surface area contributed by atoms with Gasteiger partial charge in [0, 0.05) is 11.3 Å². The number of thiophene rings is 1. The second-order valence-corrected chi connectivity index (χ2v) is 8.57. The van der Waals surface area contributed by atoms with E-state index in [1.807, 2.05) is 19.2 Å². The summed E-state index contributed by atoms with van der Waals surface area (Å²) < 4.78 is 44.6. The summed E-state index contributed by atoms with van der Waals surface area (Å²) in [5, 5.41) is 11.4. The van der Waals surface area contributed by atoms with Crippen LogP contribution in [0.2, 0.25) is 0 Å². The molecular weight excluding hydrogens is 373 g/mol. The van der Waals surface area contributed by atoms with Crippen LogP contribution in [0.3, 0.4) is 0 Å². The summed E-state index contributed by atoms with van der Waals surface area (Å²) in [6.07, 6.45) is -4.88. The molecule has 0 fully saturated rings. The highest BCUT2D eigenvalue weighted by atomic mass is 32.1. The average molecular weight is 394 g/mol. The maximum atomic E-state index is 12.9. The zero-order valence-corrected chi connectivity index (χ0v) is 15.8. The van der Waals surface area contributed by atoms with E-state index < -0.39 is 34.8 Å². The van der Waals surface area contributed by atoms with Gasteiger partial charge in [0.2, 0.25) is 5.60 Å². The van der Waals surface area contributed by atoms with Crippen LogP contribution in [0, 0.1) is 0 Å². The van der Waals surface area contributed by atoms with Crippen LogP contribution in [-0.2, 0) is 21.6 Å². The van der Waals surface area contributed by atoms with Crippen molar-refractivity contribution < 1.29 is 32.6 Å². The van der Waals surface area contributed by atoms with Crippen molar-refractivity contribution in [1.82, 2.24) is 0 Å². The van der Waals surface area contributed by atoms with Crippen LogP contribution < -0.4 is 11.1 Å². The number of fused-ring (bicyclic) bond motifs is 1. The highest BCUT2D eigenvalue weighted by molar-refractivity contribution is 7.17. The highest BCUT2D eigenvalue weighted by Crippen LogP contribution is 2.48. The second-order valence-electron chi connectivity index (χ2n) is 7.55. The van der Waals surface area contributed by atoms with Gasteiger partial charge in [-0.25, -0.2) is 0 Å². The Morgan fingerprint density at radius 3 is 2.27 bits per heavy atom. The van der Waals surface area contributed by atoms with Gasteiger partial charge < -0.3 is 20.9 Å². The van der Waals surface area contributed by atoms with Crippen molar-refractivity contribution >= 4 is 28.2 Å².